The van der Waals surface area contributed by atoms with Crippen molar-refractivity contribution in [3.8, 4) is 0 Å². The van der Waals surface area contributed by atoms with E-state index in [1.54, 1.807) is 13.2 Å². The van der Waals surface area contributed by atoms with Crippen LogP contribution in [0.4, 0.5) is 4.39 Å². The Morgan fingerprint density at radius 2 is 1.92 bits per heavy atom. The molecule has 0 amide bonds. The number of benzene rings is 2. The average Bonchev–Trinajstić information content (AvgIpc) is 2.88. The molecule has 0 radical (unpaired) electrons. The molecule has 2 rings (SSSR count). The quantitative estimate of drug-likeness (QED) is 0.177. The Kier molecular flexibility index (Phi) is 11.8. The van der Waals surface area contributed by atoms with Gasteiger partial charge in [-0.15, -0.1) is 0 Å². The number of methoxy groups -OCH3 is 1. The van der Waals surface area contributed by atoms with Gasteiger partial charge in [0.1, 0.15) is 5.82 Å². The molecular formula is C31H39ClFN3O. The van der Waals surface area contributed by atoms with Crippen LogP contribution in [0.1, 0.15) is 49.9 Å². The number of rotatable bonds is 12. The maximum absolute atomic E-state index is 14.3. The molecule has 2 N–H and O–H groups in total. The van der Waals surface area contributed by atoms with Crippen molar-refractivity contribution in [2.75, 3.05) is 20.2 Å². The lowest BCUT2D eigenvalue weighted by atomic mass is 9.99. The van der Waals surface area contributed by atoms with Crippen LogP contribution >= 0.6 is 11.6 Å². The third kappa shape index (κ3) is 8.73. The van der Waals surface area contributed by atoms with Gasteiger partial charge >= 0.3 is 0 Å². The Labute approximate surface area is 226 Å². The lowest BCUT2D eigenvalue weighted by Gasteiger charge is -2.28. The van der Waals surface area contributed by atoms with Crippen molar-refractivity contribution in [1.29, 1.82) is 0 Å². The van der Waals surface area contributed by atoms with Crippen LogP contribution in [0.3, 0.4) is 0 Å². The molecule has 0 fully saturated rings. The summed E-state index contributed by atoms with van der Waals surface area (Å²) in [7, 11) is 1.64. The smallest absolute Gasteiger partial charge is 0.126 e. The fourth-order valence-electron chi connectivity index (χ4n) is 3.83. The minimum atomic E-state index is -0.204. The first-order chi connectivity index (χ1) is 17.6. The zero-order chi connectivity index (χ0) is 27.5. The van der Waals surface area contributed by atoms with Crippen molar-refractivity contribution >= 4 is 22.9 Å². The molecule has 0 aliphatic rings. The second-order valence-electron chi connectivity index (χ2n) is 8.97. The lowest BCUT2D eigenvalue weighted by molar-refractivity contribution is 0.294. The molecule has 37 heavy (non-hydrogen) atoms. The largest absolute Gasteiger partial charge is 0.501 e. The number of hydrogen-bond acceptors (Lipinski definition) is 4. The van der Waals surface area contributed by atoms with Crippen molar-refractivity contribution < 1.29 is 9.13 Å². The van der Waals surface area contributed by atoms with Gasteiger partial charge in [-0.2, -0.15) is 0 Å². The molecule has 0 atom stereocenters. The van der Waals surface area contributed by atoms with Gasteiger partial charge in [0.05, 0.1) is 24.3 Å². The first-order valence-electron chi connectivity index (χ1n) is 12.4. The summed E-state index contributed by atoms with van der Waals surface area (Å²) >= 11 is 6.24. The normalized spacial score (nSPS) is 13.1. The van der Waals surface area contributed by atoms with Crippen molar-refractivity contribution in [1.82, 2.24) is 4.90 Å². The molecule has 6 heteroatoms. The second-order valence-corrected chi connectivity index (χ2v) is 9.37. The first kappa shape index (κ1) is 30.1. The van der Waals surface area contributed by atoms with Crippen molar-refractivity contribution in [2.45, 2.75) is 47.6 Å². The molecule has 4 nitrogen and oxygen atoms in total. The monoisotopic (exact) mass is 523 g/mol. The standard InChI is InChI=1S/C31H39ClFN3O/c1-8-27-19-28(13-15-30(27)33)24(5)31(35-22(3)10-9-11-23(4)37-7)25(6)36(17-16-34)20-26-12-14-29(32)21(2)18-26/h9-15,18-19H,6,8,16-17,20,34H2,1-5,7H3/b10-9-,23-11+,31-24+,35-22+. The molecule has 0 aliphatic carbocycles. The molecular weight excluding hydrogens is 485 g/mol. The van der Waals surface area contributed by atoms with Crippen LogP contribution in [0.15, 0.2) is 83.4 Å². The molecule has 0 aromatic heterocycles. The Morgan fingerprint density at radius 1 is 1.19 bits per heavy atom. The van der Waals surface area contributed by atoms with Crippen LogP contribution in [-0.2, 0) is 17.7 Å². The molecule has 198 valence electrons. The van der Waals surface area contributed by atoms with Crippen LogP contribution in [0.5, 0.6) is 0 Å². The topological polar surface area (TPSA) is 50.8 Å². The van der Waals surface area contributed by atoms with E-state index >= 15 is 0 Å². The summed E-state index contributed by atoms with van der Waals surface area (Å²) in [6, 6.07) is 11.2. The summed E-state index contributed by atoms with van der Waals surface area (Å²) < 4.78 is 19.4. The summed E-state index contributed by atoms with van der Waals surface area (Å²) in [6.07, 6.45) is 6.30. The van der Waals surface area contributed by atoms with Crippen LogP contribution in [-0.4, -0.2) is 30.8 Å². The number of allylic oxidation sites excluding steroid dienone is 5. The number of ether oxygens (including phenoxy) is 1. The van der Waals surface area contributed by atoms with Crippen molar-refractivity contribution in [3.63, 3.8) is 0 Å². The van der Waals surface area contributed by atoms with Gasteiger partial charge in [-0.1, -0.05) is 49.4 Å². The number of nitrogens with zero attached hydrogens (tertiary/aromatic N) is 2. The average molecular weight is 524 g/mol. The zero-order valence-corrected chi connectivity index (χ0v) is 23.6. The lowest BCUT2D eigenvalue weighted by Crippen LogP contribution is -2.29. The molecule has 0 bridgehead atoms. The number of nitrogens with two attached hydrogens (primary N) is 1. The van der Waals surface area contributed by atoms with Crippen LogP contribution in [0.2, 0.25) is 5.02 Å². The summed E-state index contributed by atoms with van der Waals surface area (Å²) in [5.41, 5.74) is 12.9. The van der Waals surface area contributed by atoms with E-state index < -0.39 is 0 Å². The summed E-state index contributed by atoms with van der Waals surface area (Å²) in [4.78, 5) is 7.10. The van der Waals surface area contributed by atoms with E-state index in [1.165, 1.54) is 6.07 Å². The van der Waals surface area contributed by atoms with Gasteiger partial charge < -0.3 is 15.4 Å². The number of aryl methyl sites for hydroxylation is 2. The minimum absolute atomic E-state index is 0.204. The number of aliphatic imine (C=N–C) groups is 1. The second kappa shape index (κ2) is 14.6. The van der Waals surface area contributed by atoms with Crippen LogP contribution < -0.4 is 5.73 Å². The predicted molar refractivity (Wildman–Crippen MR) is 156 cm³/mol. The summed E-state index contributed by atoms with van der Waals surface area (Å²) in [5.74, 6) is 0.594. The van der Waals surface area contributed by atoms with E-state index in [2.05, 4.69) is 17.5 Å². The molecule has 0 heterocycles. The molecule has 2 aromatic carbocycles. The molecule has 0 aliphatic heterocycles. The molecule has 2 aromatic rings. The van der Waals surface area contributed by atoms with Gasteiger partial charge in [0.25, 0.3) is 0 Å². The van der Waals surface area contributed by atoms with E-state index in [1.807, 2.05) is 71.0 Å². The first-order valence-corrected chi connectivity index (χ1v) is 12.8. The molecule has 0 saturated heterocycles. The van der Waals surface area contributed by atoms with Gasteiger partial charge in [0.15, 0.2) is 0 Å². The van der Waals surface area contributed by atoms with Gasteiger partial charge in [-0.05, 0) is 92.3 Å². The van der Waals surface area contributed by atoms with Gasteiger partial charge in [-0.25, -0.2) is 4.39 Å². The Balaban J connectivity index is 2.59. The third-order valence-corrected chi connectivity index (χ3v) is 6.57. The molecule has 0 saturated carbocycles. The van der Waals surface area contributed by atoms with Crippen molar-refractivity contribution in [2.24, 2.45) is 10.7 Å². The van der Waals surface area contributed by atoms with Crippen molar-refractivity contribution in [3.05, 3.63) is 111 Å². The van der Waals surface area contributed by atoms with Gasteiger partial charge in [-0.3, -0.25) is 4.99 Å². The molecule has 0 spiro atoms. The number of hydrogen-bond donors (Lipinski definition) is 1. The Morgan fingerprint density at radius 3 is 2.54 bits per heavy atom. The fourth-order valence-corrected chi connectivity index (χ4v) is 3.94. The highest BCUT2D eigenvalue weighted by atomic mass is 35.5. The van der Waals surface area contributed by atoms with E-state index in [0.29, 0.717) is 31.6 Å². The summed E-state index contributed by atoms with van der Waals surface area (Å²) in [5, 5.41) is 0.734. The SMILES string of the molecule is C=C(C(/N=C(C)/C=C\C=C(/C)OC)=C(/C)c1ccc(F)c(CC)c1)N(CCN)Cc1ccc(Cl)c(C)c1. The maximum atomic E-state index is 14.3. The highest BCUT2D eigenvalue weighted by molar-refractivity contribution is 6.31. The minimum Gasteiger partial charge on any atom is -0.501 e. The van der Waals surface area contributed by atoms with E-state index in [0.717, 1.165) is 50.2 Å². The zero-order valence-electron chi connectivity index (χ0n) is 22.9. The van der Waals surface area contributed by atoms with E-state index in [-0.39, 0.29) is 5.82 Å². The highest BCUT2D eigenvalue weighted by Gasteiger charge is 2.17. The highest BCUT2D eigenvalue weighted by Crippen LogP contribution is 2.29. The predicted octanol–water partition coefficient (Wildman–Crippen LogP) is 7.62. The number of halogens is 2. The van der Waals surface area contributed by atoms with Gasteiger partial charge in [0, 0.05) is 30.4 Å². The van der Waals surface area contributed by atoms with E-state index in [9.17, 15) is 4.39 Å². The Bertz CT molecular complexity index is 1230. The van der Waals surface area contributed by atoms with Crippen LogP contribution in [0.25, 0.3) is 5.57 Å². The fraction of sp³-hybridized carbons (Fsp3) is 0.323. The van der Waals surface area contributed by atoms with E-state index in [4.69, 9.17) is 27.1 Å². The maximum Gasteiger partial charge on any atom is 0.126 e. The summed E-state index contributed by atoms with van der Waals surface area (Å²) in [6.45, 7) is 15.9. The third-order valence-electron chi connectivity index (χ3n) is 6.14. The van der Waals surface area contributed by atoms with Crippen LogP contribution in [0, 0.1) is 12.7 Å². The molecule has 0 unspecified atom stereocenters. The van der Waals surface area contributed by atoms with Gasteiger partial charge in [0.2, 0.25) is 0 Å². The Hall–Kier alpha value is -3.15.